The highest BCUT2D eigenvalue weighted by Gasteiger charge is 2.13. The molecule has 0 bridgehead atoms. The third kappa shape index (κ3) is 3.85. The minimum atomic E-state index is -0.0393. The van der Waals surface area contributed by atoms with E-state index in [9.17, 15) is 0 Å². The summed E-state index contributed by atoms with van der Waals surface area (Å²) in [5.74, 6) is 0. The molecule has 1 aromatic carbocycles. The van der Waals surface area contributed by atoms with E-state index in [2.05, 4.69) is 6.07 Å². The summed E-state index contributed by atoms with van der Waals surface area (Å²) in [7, 11) is 0. The Bertz CT molecular complexity index is 374. The molecule has 0 amide bonds. The molecule has 1 atom stereocenters. The second-order valence-corrected chi connectivity index (χ2v) is 4.26. The van der Waals surface area contributed by atoms with Crippen LogP contribution in [0.15, 0.2) is 24.3 Å². The number of nitrogens with zero attached hydrogens (tertiary/aromatic N) is 1. The average Bonchev–Trinajstić information content (AvgIpc) is 2.40. The Kier molecular flexibility index (Phi) is 4.54. The molecule has 0 spiro atoms. The van der Waals surface area contributed by atoms with Crippen molar-refractivity contribution in [1.82, 2.24) is 0 Å². The maximum atomic E-state index is 8.57. The molecule has 1 aromatic rings. The molecule has 0 N–H and O–H groups in total. The SMILES string of the molecule is N#CCc1ccc(COC2CCCCO2)cc1. The van der Waals surface area contributed by atoms with Crippen LogP contribution in [0, 0.1) is 11.3 Å². The van der Waals surface area contributed by atoms with Crippen LogP contribution < -0.4 is 0 Å². The third-order valence-electron chi connectivity index (χ3n) is 2.88. The topological polar surface area (TPSA) is 42.2 Å². The van der Waals surface area contributed by atoms with Gasteiger partial charge in [0.05, 0.1) is 19.1 Å². The summed E-state index contributed by atoms with van der Waals surface area (Å²) in [5.41, 5.74) is 2.17. The number of hydrogen-bond donors (Lipinski definition) is 0. The van der Waals surface area contributed by atoms with Gasteiger partial charge in [0, 0.05) is 6.61 Å². The van der Waals surface area contributed by atoms with Crippen molar-refractivity contribution in [2.45, 2.75) is 38.6 Å². The quantitative estimate of drug-likeness (QED) is 0.800. The number of hydrogen-bond acceptors (Lipinski definition) is 3. The Morgan fingerprint density at radius 2 is 2.00 bits per heavy atom. The van der Waals surface area contributed by atoms with Crippen molar-refractivity contribution in [1.29, 1.82) is 5.26 Å². The number of rotatable bonds is 4. The van der Waals surface area contributed by atoms with Gasteiger partial charge in [-0.15, -0.1) is 0 Å². The summed E-state index contributed by atoms with van der Waals surface area (Å²) in [6.45, 7) is 1.39. The first-order valence-corrected chi connectivity index (χ1v) is 6.06. The van der Waals surface area contributed by atoms with Crippen LogP contribution in [0.4, 0.5) is 0 Å². The Hall–Kier alpha value is -1.37. The van der Waals surface area contributed by atoms with Gasteiger partial charge in [-0.3, -0.25) is 0 Å². The maximum Gasteiger partial charge on any atom is 0.158 e. The maximum absolute atomic E-state index is 8.57. The van der Waals surface area contributed by atoms with Crippen LogP contribution >= 0.6 is 0 Å². The summed E-state index contributed by atoms with van der Waals surface area (Å²) < 4.78 is 11.2. The van der Waals surface area contributed by atoms with Crippen molar-refractivity contribution >= 4 is 0 Å². The first-order valence-electron chi connectivity index (χ1n) is 6.06. The van der Waals surface area contributed by atoms with Crippen molar-refractivity contribution < 1.29 is 9.47 Å². The van der Waals surface area contributed by atoms with Crippen LogP contribution in [0.5, 0.6) is 0 Å². The van der Waals surface area contributed by atoms with Gasteiger partial charge < -0.3 is 9.47 Å². The van der Waals surface area contributed by atoms with Gasteiger partial charge in [0.15, 0.2) is 6.29 Å². The molecule has 1 aliphatic heterocycles. The number of nitriles is 1. The zero-order chi connectivity index (χ0) is 11.9. The fraction of sp³-hybridized carbons (Fsp3) is 0.500. The summed E-state index contributed by atoms with van der Waals surface area (Å²) in [6, 6.07) is 10.1. The van der Waals surface area contributed by atoms with Gasteiger partial charge in [-0.05, 0) is 30.4 Å². The van der Waals surface area contributed by atoms with Crippen molar-refractivity contribution in [3.8, 4) is 6.07 Å². The van der Waals surface area contributed by atoms with Gasteiger partial charge in [-0.1, -0.05) is 24.3 Å². The smallest absolute Gasteiger partial charge is 0.158 e. The molecular formula is C14H17NO2. The van der Waals surface area contributed by atoms with Gasteiger partial charge in [-0.25, -0.2) is 0 Å². The van der Waals surface area contributed by atoms with E-state index in [0.717, 1.165) is 30.6 Å². The molecular weight excluding hydrogens is 214 g/mol. The van der Waals surface area contributed by atoms with Crippen molar-refractivity contribution in [3.63, 3.8) is 0 Å². The molecule has 17 heavy (non-hydrogen) atoms. The molecule has 0 aliphatic carbocycles. The van der Waals surface area contributed by atoms with E-state index >= 15 is 0 Å². The molecule has 90 valence electrons. The van der Waals surface area contributed by atoms with E-state index in [1.165, 1.54) is 6.42 Å². The first kappa shape index (κ1) is 12.1. The molecule has 1 fully saturated rings. The molecule has 1 aliphatic rings. The average molecular weight is 231 g/mol. The third-order valence-corrected chi connectivity index (χ3v) is 2.88. The largest absolute Gasteiger partial charge is 0.353 e. The lowest BCUT2D eigenvalue weighted by Crippen LogP contribution is -2.21. The van der Waals surface area contributed by atoms with Crippen molar-refractivity contribution in [2.24, 2.45) is 0 Å². The number of benzene rings is 1. The highest BCUT2D eigenvalue weighted by molar-refractivity contribution is 5.23. The molecule has 2 rings (SSSR count). The predicted molar refractivity (Wildman–Crippen MR) is 64.1 cm³/mol. The summed E-state index contributed by atoms with van der Waals surface area (Å²) in [6.07, 6.45) is 3.75. The van der Waals surface area contributed by atoms with E-state index < -0.39 is 0 Å². The van der Waals surface area contributed by atoms with Crippen LogP contribution in [0.2, 0.25) is 0 Å². The van der Waals surface area contributed by atoms with Gasteiger partial charge in [0.2, 0.25) is 0 Å². The summed E-state index contributed by atoms with van der Waals surface area (Å²) >= 11 is 0. The Morgan fingerprint density at radius 3 is 2.65 bits per heavy atom. The van der Waals surface area contributed by atoms with E-state index in [1.54, 1.807) is 0 Å². The highest BCUT2D eigenvalue weighted by Crippen LogP contribution is 2.15. The molecule has 3 heteroatoms. The zero-order valence-corrected chi connectivity index (χ0v) is 9.89. The molecule has 1 saturated heterocycles. The van der Waals surface area contributed by atoms with Crippen LogP contribution in [-0.4, -0.2) is 12.9 Å². The Balaban J connectivity index is 1.80. The zero-order valence-electron chi connectivity index (χ0n) is 9.89. The van der Waals surface area contributed by atoms with E-state index in [1.807, 2.05) is 24.3 Å². The van der Waals surface area contributed by atoms with Crippen LogP contribution in [0.1, 0.15) is 30.4 Å². The van der Waals surface area contributed by atoms with Gasteiger partial charge in [0.1, 0.15) is 0 Å². The normalized spacial score (nSPS) is 19.8. The van der Waals surface area contributed by atoms with Gasteiger partial charge in [-0.2, -0.15) is 5.26 Å². The molecule has 3 nitrogen and oxygen atoms in total. The molecule has 1 heterocycles. The highest BCUT2D eigenvalue weighted by atomic mass is 16.7. The van der Waals surface area contributed by atoms with E-state index in [0.29, 0.717) is 13.0 Å². The van der Waals surface area contributed by atoms with Gasteiger partial charge >= 0.3 is 0 Å². The molecule has 0 saturated carbocycles. The minimum Gasteiger partial charge on any atom is -0.353 e. The Morgan fingerprint density at radius 1 is 1.24 bits per heavy atom. The second-order valence-electron chi connectivity index (χ2n) is 4.26. The van der Waals surface area contributed by atoms with Crippen molar-refractivity contribution in [2.75, 3.05) is 6.61 Å². The monoisotopic (exact) mass is 231 g/mol. The second kappa shape index (κ2) is 6.39. The lowest BCUT2D eigenvalue weighted by molar-refractivity contribution is -0.168. The lowest BCUT2D eigenvalue weighted by Gasteiger charge is -2.22. The first-order chi connectivity index (χ1) is 8.38. The van der Waals surface area contributed by atoms with Crippen LogP contribution in [0.25, 0.3) is 0 Å². The van der Waals surface area contributed by atoms with Gasteiger partial charge in [0.25, 0.3) is 0 Å². The molecule has 1 unspecified atom stereocenters. The summed E-state index contributed by atoms with van der Waals surface area (Å²) in [4.78, 5) is 0. The van der Waals surface area contributed by atoms with E-state index in [4.69, 9.17) is 14.7 Å². The van der Waals surface area contributed by atoms with Crippen molar-refractivity contribution in [3.05, 3.63) is 35.4 Å². The fourth-order valence-corrected chi connectivity index (χ4v) is 1.88. The minimum absolute atomic E-state index is 0.0393. The number of ether oxygens (including phenoxy) is 2. The van der Waals surface area contributed by atoms with Crippen LogP contribution in [-0.2, 0) is 22.5 Å². The van der Waals surface area contributed by atoms with Crippen LogP contribution in [0.3, 0.4) is 0 Å². The van der Waals surface area contributed by atoms with E-state index in [-0.39, 0.29) is 6.29 Å². The lowest BCUT2D eigenvalue weighted by atomic mass is 10.1. The summed E-state index contributed by atoms with van der Waals surface area (Å²) in [5, 5.41) is 8.57. The fourth-order valence-electron chi connectivity index (χ4n) is 1.88. The predicted octanol–water partition coefficient (Wildman–Crippen LogP) is 2.80. The Labute approximate surface area is 102 Å². The molecule has 0 aromatic heterocycles. The molecule has 0 radical (unpaired) electrons. The standard InChI is InChI=1S/C14H17NO2/c15-9-8-12-4-6-13(7-5-12)11-17-14-3-1-2-10-16-14/h4-7,14H,1-3,8,10-11H2.